The highest BCUT2D eigenvalue weighted by atomic mass is 127. The maximum atomic E-state index is 11.8. The summed E-state index contributed by atoms with van der Waals surface area (Å²) in [5, 5.41) is 3.05. The molecule has 0 heterocycles. The molecular formula is C12H14INO. The fourth-order valence-electron chi connectivity index (χ4n) is 1.58. The quantitative estimate of drug-likeness (QED) is 0.836. The van der Waals surface area contributed by atoms with E-state index in [1.54, 1.807) is 0 Å². The lowest BCUT2D eigenvalue weighted by Crippen LogP contribution is -2.28. The van der Waals surface area contributed by atoms with Gasteiger partial charge in [0.1, 0.15) is 0 Å². The van der Waals surface area contributed by atoms with Crippen LogP contribution in [0.15, 0.2) is 24.3 Å². The molecule has 1 amide bonds. The molecule has 1 fully saturated rings. The molecule has 0 bridgehead atoms. The number of carbonyl (C=O) groups is 1. The van der Waals surface area contributed by atoms with E-state index in [1.807, 2.05) is 24.3 Å². The molecule has 15 heavy (non-hydrogen) atoms. The molecule has 1 aliphatic rings. The lowest BCUT2D eigenvalue weighted by molar-refractivity contribution is 0.0946. The van der Waals surface area contributed by atoms with Crippen molar-refractivity contribution in [2.24, 2.45) is 5.41 Å². The number of nitrogens with one attached hydrogen (secondary N) is 1. The predicted molar refractivity (Wildman–Crippen MR) is 68.8 cm³/mol. The highest BCUT2D eigenvalue weighted by Gasteiger charge is 2.46. The maximum absolute atomic E-state index is 11.8. The van der Waals surface area contributed by atoms with E-state index in [1.165, 1.54) is 0 Å². The molecule has 80 valence electrons. The third-order valence-electron chi connectivity index (χ3n) is 2.91. The highest BCUT2D eigenvalue weighted by molar-refractivity contribution is 14.1. The van der Waals surface area contributed by atoms with E-state index in [9.17, 15) is 4.79 Å². The number of benzene rings is 1. The van der Waals surface area contributed by atoms with Gasteiger partial charge in [-0.1, -0.05) is 19.9 Å². The van der Waals surface area contributed by atoms with Gasteiger partial charge in [-0.25, -0.2) is 0 Å². The van der Waals surface area contributed by atoms with E-state index in [-0.39, 0.29) is 11.3 Å². The van der Waals surface area contributed by atoms with E-state index in [0.29, 0.717) is 6.04 Å². The summed E-state index contributed by atoms with van der Waals surface area (Å²) in [6, 6.07) is 8.01. The number of rotatable bonds is 2. The number of halogens is 1. The standard InChI is InChI=1S/C12H14INO/c1-12(2)7-10(12)14-11(15)8-4-3-5-9(13)6-8/h3-6,10H,7H2,1-2H3,(H,14,15). The van der Waals surface area contributed by atoms with E-state index in [4.69, 9.17) is 0 Å². The molecule has 0 aliphatic heterocycles. The minimum atomic E-state index is 0.0455. The van der Waals surface area contributed by atoms with Gasteiger partial charge in [-0.2, -0.15) is 0 Å². The average molecular weight is 315 g/mol. The zero-order chi connectivity index (χ0) is 11.1. The summed E-state index contributed by atoms with van der Waals surface area (Å²) in [7, 11) is 0. The third kappa shape index (κ3) is 2.51. The van der Waals surface area contributed by atoms with Crippen molar-refractivity contribution in [1.82, 2.24) is 5.32 Å². The van der Waals surface area contributed by atoms with Crippen molar-refractivity contribution < 1.29 is 4.79 Å². The third-order valence-corrected chi connectivity index (χ3v) is 3.58. The molecule has 0 radical (unpaired) electrons. The molecule has 1 aliphatic carbocycles. The molecule has 0 aromatic heterocycles. The minimum Gasteiger partial charge on any atom is -0.349 e. The van der Waals surface area contributed by atoms with Gasteiger partial charge in [-0.05, 0) is 52.6 Å². The Bertz CT molecular complexity index is 400. The Labute approximate surface area is 104 Å². The first-order valence-corrected chi connectivity index (χ1v) is 6.13. The van der Waals surface area contributed by atoms with E-state index < -0.39 is 0 Å². The molecule has 0 spiro atoms. The monoisotopic (exact) mass is 315 g/mol. The van der Waals surface area contributed by atoms with Crippen molar-refractivity contribution in [3.63, 3.8) is 0 Å². The van der Waals surface area contributed by atoms with Crippen LogP contribution in [0.1, 0.15) is 30.6 Å². The molecule has 1 atom stereocenters. The molecule has 1 unspecified atom stereocenters. The van der Waals surface area contributed by atoms with E-state index in [2.05, 4.69) is 41.8 Å². The average Bonchev–Trinajstić information content (AvgIpc) is 2.73. The zero-order valence-electron chi connectivity index (χ0n) is 8.88. The fraction of sp³-hybridized carbons (Fsp3) is 0.417. The first-order chi connectivity index (χ1) is 6.99. The van der Waals surface area contributed by atoms with Crippen LogP contribution >= 0.6 is 22.6 Å². The first kappa shape index (κ1) is 10.9. The second-order valence-electron chi connectivity index (χ2n) is 4.73. The molecule has 2 rings (SSSR count). The summed E-state index contributed by atoms with van der Waals surface area (Å²) in [5.74, 6) is 0.0455. The number of hydrogen-bond donors (Lipinski definition) is 1. The minimum absolute atomic E-state index is 0.0455. The van der Waals surface area contributed by atoms with Crippen LogP contribution in [-0.4, -0.2) is 11.9 Å². The number of carbonyl (C=O) groups excluding carboxylic acids is 1. The molecular weight excluding hydrogens is 301 g/mol. The van der Waals surface area contributed by atoms with Gasteiger partial charge < -0.3 is 5.32 Å². The smallest absolute Gasteiger partial charge is 0.251 e. The Morgan fingerprint density at radius 2 is 2.20 bits per heavy atom. The van der Waals surface area contributed by atoms with Crippen LogP contribution in [0.25, 0.3) is 0 Å². The van der Waals surface area contributed by atoms with Crippen LogP contribution in [0.5, 0.6) is 0 Å². The predicted octanol–water partition coefficient (Wildman–Crippen LogP) is 2.82. The SMILES string of the molecule is CC1(C)CC1NC(=O)c1cccc(I)c1. The van der Waals surface area contributed by atoms with Gasteiger partial charge in [-0.15, -0.1) is 0 Å². The van der Waals surface area contributed by atoms with Crippen molar-refractivity contribution >= 4 is 28.5 Å². The second-order valence-corrected chi connectivity index (χ2v) is 5.97. The summed E-state index contributed by atoms with van der Waals surface area (Å²) in [4.78, 5) is 11.8. The second kappa shape index (κ2) is 3.77. The summed E-state index contributed by atoms with van der Waals surface area (Å²) < 4.78 is 1.09. The molecule has 1 N–H and O–H groups in total. The van der Waals surface area contributed by atoms with Gasteiger partial charge in [0.2, 0.25) is 0 Å². The summed E-state index contributed by atoms with van der Waals surface area (Å²) >= 11 is 2.21. The molecule has 3 heteroatoms. The van der Waals surface area contributed by atoms with Gasteiger partial charge in [-0.3, -0.25) is 4.79 Å². The summed E-state index contributed by atoms with van der Waals surface area (Å²) in [6.45, 7) is 4.35. The van der Waals surface area contributed by atoms with Crippen LogP contribution in [-0.2, 0) is 0 Å². The Hall–Kier alpha value is -0.580. The van der Waals surface area contributed by atoms with Gasteiger partial charge in [0.15, 0.2) is 0 Å². The van der Waals surface area contributed by atoms with E-state index >= 15 is 0 Å². The Morgan fingerprint density at radius 1 is 1.53 bits per heavy atom. The van der Waals surface area contributed by atoms with Gasteiger partial charge in [0.25, 0.3) is 5.91 Å². The van der Waals surface area contributed by atoms with Crippen molar-refractivity contribution in [2.45, 2.75) is 26.3 Å². The number of hydrogen-bond acceptors (Lipinski definition) is 1. The van der Waals surface area contributed by atoms with E-state index in [0.717, 1.165) is 15.6 Å². The molecule has 2 nitrogen and oxygen atoms in total. The first-order valence-electron chi connectivity index (χ1n) is 5.05. The zero-order valence-corrected chi connectivity index (χ0v) is 11.0. The molecule has 1 saturated carbocycles. The highest BCUT2D eigenvalue weighted by Crippen LogP contribution is 2.44. The lowest BCUT2D eigenvalue weighted by Gasteiger charge is -2.06. The molecule has 1 aromatic rings. The Morgan fingerprint density at radius 3 is 2.73 bits per heavy atom. The van der Waals surface area contributed by atoms with Crippen LogP contribution < -0.4 is 5.32 Å². The summed E-state index contributed by atoms with van der Waals surface area (Å²) in [6.07, 6.45) is 1.09. The Kier molecular flexibility index (Phi) is 2.75. The fourth-order valence-corrected chi connectivity index (χ4v) is 2.13. The van der Waals surface area contributed by atoms with Crippen molar-refractivity contribution in [2.75, 3.05) is 0 Å². The van der Waals surface area contributed by atoms with Crippen LogP contribution in [0.4, 0.5) is 0 Å². The van der Waals surface area contributed by atoms with Crippen molar-refractivity contribution in [3.05, 3.63) is 33.4 Å². The number of amides is 1. The van der Waals surface area contributed by atoms with Crippen LogP contribution in [0, 0.1) is 8.99 Å². The molecule has 1 aromatic carbocycles. The topological polar surface area (TPSA) is 29.1 Å². The van der Waals surface area contributed by atoms with Crippen molar-refractivity contribution in [3.8, 4) is 0 Å². The lowest BCUT2D eigenvalue weighted by atomic mass is 10.1. The largest absolute Gasteiger partial charge is 0.349 e. The maximum Gasteiger partial charge on any atom is 0.251 e. The van der Waals surface area contributed by atoms with Gasteiger partial charge in [0, 0.05) is 15.2 Å². The van der Waals surface area contributed by atoms with Gasteiger partial charge in [0.05, 0.1) is 0 Å². The normalized spacial score (nSPS) is 22.2. The molecule has 0 saturated heterocycles. The Balaban J connectivity index is 2.03. The summed E-state index contributed by atoms with van der Waals surface area (Å²) in [5.41, 5.74) is 1.04. The van der Waals surface area contributed by atoms with Crippen LogP contribution in [0.3, 0.4) is 0 Å². The van der Waals surface area contributed by atoms with Crippen molar-refractivity contribution in [1.29, 1.82) is 0 Å². The van der Waals surface area contributed by atoms with Crippen LogP contribution in [0.2, 0.25) is 0 Å². The van der Waals surface area contributed by atoms with Gasteiger partial charge >= 0.3 is 0 Å².